The predicted octanol–water partition coefficient (Wildman–Crippen LogP) is 2.60. The topological polar surface area (TPSA) is 41.1 Å². The number of carbonyl (C=O) groups excluding carboxylic acids is 1. The summed E-state index contributed by atoms with van der Waals surface area (Å²) in [7, 11) is 0. The average molecular weight is 292 g/mol. The summed E-state index contributed by atoms with van der Waals surface area (Å²) < 4.78 is 0. The summed E-state index contributed by atoms with van der Waals surface area (Å²) in [5.74, 6) is 1.49. The van der Waals surface area contributed by atoms with E-state index in [1.807, 2.05) is 0 Å². The van der Waals surface area contributed by atoms with Crippen molar-refractivity contribution in [2.75, 3.05) is 19.6 Å². The van der Waals surface area contributed by atoms with Gasteiger partial charge < -0.3 is 10.6 Å². The van der Waals surface area contributed by atoms with Gasteiger partial charge in [0.25, 0.3) is 5.91 Å². The third kappa shape index (κ3) is 3.23. The van der Waals surface area contributed by atoms with E-state index >= 15 is 0 Å². The van der Waals surface area contributed by atoms with E-state index in [1.165, 1.54) is 29.7 Å². The molecular weight excluding hydrogens is 268 g/mol. The van der Waals surface area contributed by atoms with E-state index in [2.05, 4.69) is 23.6 Å². The Morgan fingerprint density at radius 2 is 2.40 bits per heavy atom. The van der Waals surface area contributed by atoms with Gasteiger partial charge in [-0.05, 0) is 68.7 Å². The van der Waals surface area contributed by atoms with Gasteiger partial charge in [-0.2, -0.15) is 0 Å². The molecule has 2 heterocycles. The molecule has 0 bridgehead atoms. The third-order valence-corrected chi connectivity index (χ3v) is 5.74. The minimum atomic E-state index is 0.127. The molecule has 1 aromatic heterocycles. The second-order valence-electron chi connectivity index (χ2n) is 6.33. The molecule has 2 aliphatic rings. The lowest BCUT2D eigenvalue weighted by Crippen LogP contribution is -2.37. The highest BCUT2D eigenvalue weighted by atomic mass is 32.1. The maximum atomic E-state index is 12.3. The Labute approximate surface area is 125 Å². The fourth-order valence-corrected chi connectivity index (χ4v) is 4.36. The molecule has 2 atom stereocenters. The van der Waals surface area contributed by atoms with E-state index < -0.39 is 0 Å². The number of thiophene rings is 1. The average Bonchev–Trinajstić information content (AvgIpc) is 2.89. The number of rotatable bonds is 3. The van der Waals surface area contributed by atoms with Crippen molar-refractivity contribution in [1.82, 2.24) is 10.6 Å². The van der Waals surface area contributed by atoms with Gasteiger partial charge in [0, 0.05) is 11.4 Å². The highest BCUT2D eigenvalue weighted by Crippen LogP contribution is 2.32. The Kier molecular flexibility index (Phi) is 4.41. The number of carbonyl (C=O) groups is 1. The van der Waals surface area contributed by atoms with Crippen LogP contribution in [0.25, 0.3) is 0 Å². The summed E-state index contributed by atoms with van der Waals surface area (Å²) in [5, 5.41) is 6.51. The van der Waals surface area contributed by atoms with Crippen LogP contribution in [-0.4, -0.2) is 25.5 Å². The first-order valence-corrected chi connectivity index (χ1v) is 8.64. The van der Waals surface area contributed by atoms with Crippen LogP contribution < -0.4 is 10.6 Å². The number of piperidine rings is 1. The van der Waals surface area contributed by atoms with Gasteiger partial charge >= 0.3 is 0 Å². The van der Waals surface area contributed by atoms with Crippen molar-refractivity contribution in [1.29, 1.82) is 0 Å². The third-order valence-electron chi connectivity index (χ3n) is 4.50. The molecule has 20 heavy (non-hydrogen) atoms. The maximum absolute atomic E-state index is 12.3. The normalized spacial score (nSPS) is 26.1. The quantitative estimate of drug-likeness (QED) is 0.899. The van der Waals surface area contributed by atoms with Crippen molar-refractivity contribution >= 4 is 17.2 Å². The fraction of sp³-hybridized carbons (Fsp3) is 0.688. The lowest BCUT2D eigenvalue weighted by molar-refractivity contribution is 0.0949. The molecule has 1 aliphatic heterocycles. The Balaban J connectivity index is 1.57. The predicted molar refractivity (Wildman–Crippen MR) is 83.4 cm³/mol. The number of hydrogen-bond acceptors (Lipinski definition) is 3. The van der Waals surface area contributed by atoms with Gasteiger partial charge in [-0.1, -0.05) is 6.92 Å². The van der Waals surface area contributed by atoms with Crippen molar-refractivity contribution in [3.05, 3.63) is 21.4 Å². The molecule has 1 amide bonds. The first-order valence-electron chi connectivity index (χ1n) is 7.83. The second-order valence-corrected chi connectivity index (χ2v) is 7.47. The van der Waals surface area contributed by atoms with E-state index in [0.29, 0.717) is 5.92 Å². The lowest BCUT2D eigenvalue weighted by Gasteiger charge is -2.22. The van der Waals surface area contributed by atoms with Crippen LogP contribution in [0.1, 0.15) is 46.3 Å². The summed E-state index contributed by atoms with van der Waals surface area (Å²) in [6.45, 7) is 5.28. The van der Waals surface area contributed by atoms with Gasteiger partial charge in [-0.25, -0.2) is 0 Å². The van der Waals surface area contributed by atoms with E-state index in [-0.39, 0.29) is 5.91 Å². The number of amides is 1. The fourth-order valence-electron chi connectivity index (χ4n) is 3.24. The zero-order chi connectivity index (χ0) is 13.9. The second kappa shape index (κ2) is 6.27. The zero-order valence-electron chi connectivity index (χ0n) is 12.2. The minimum Gasteiger partial charge on any atom is -0.351 e. The summed E-state index contributed by atoms with van der Waals surface area (Å²) >= 11 is 1.70. The number of aryl methyl sites for hydroxylation is 1. The van der Waals surface area contributed by atoms with Crippen LogP contribution in [0, 0.1) is 11.8 Å². The molecule has 3 rings (SSSR count). The van der Waals surface area contributed by atoms with Crippen LogP contribution in [0.3, 0.4) is 0 Å². The van der Waals surface area contributed by atoms with Crippen LogP contribution in [0.4, 0.5) is 0 Å². The number of fused-ring (bicyclic) bond motifs is 1. The summed E-state index contributed by atoms with van der Waals surface area (Å²) in [5.41, 5.74) is 1.42. The smallest absolute Gasteiger partial charge is 0.261 e. The molecule has 3 nitrogen and oxygen atoms in total. The number of hydrogen-bond donors (Lipinski definition) is 2. The molecular formula is C16H24N2OS. The van der Waals surface area contributed by atoms with Crippen molar-refractivity contribution < 1.29 is 4.79 Å². The summed E-state index contributed by atoms with van der Waals surface area (Å²) in [6.07, 6.45) is 6.02. The molecule has 0 aromatic carbocycles. The van der Waals surface area contributed by atoms with Gasteiger partial charge in [-0.15, -0.1) is 11.3 Å². The first kappa shape index (κ1) is 14.1. The standard InChI is InChI=1S/C16H24N2OS/c1-11-4-5-14-13(7-11)8-15(20-14)16(19)18-10-12-3-2-6-17-9-12/h8,11-12,17H,2-7,9-10H2,1H3,(H,18,19). The van der Waals surface area contributed by atoms with Crippen LogP contribution in [0.2, 0.25) is 0 Å². The molecule has 1 saturated heterocycles. The minimum absolute atomic E-state index is 0.127. The van der Waals surface area contributed by atoms with Crippen LogP contribution in [0.5, 0.6) is 0 Å². The molecule has 4 heteroatoms. The molecule has 2 unspecified atom stereocenters. The van der Waals surface area contributed by atoms with Crippen molar-refractivity contribution in [2.45, 2.75) is 39.0 Å². The Morgan fingerprint density at radius 1 is 1.50 bits per heavy atom. The monoisotopic (exact) mass is 292 g/mol. The number of nitrogens with one attached hydrogen (secondary N) is 2. The van der Waals surface area contributed by atoms with Crippen molar-refractivity contribution in [2.24, 2.45) is 11.8 Å². The SMILES string of the molecule is CC1CCc2sc(C(=O)NCC3CCCNC3)cc2C1. The molecule has 0 saturated carbocycles. The largest absolute Gasteiger partial charge is 0.351 e. The molecule has 110 valence electrons. The molecule has 1 fully saturated rings. The molecule has 0 spiro atoms. The summed E-state index contributed by atoms with van der Waals surface area (Å²) in [6, 6.07) is 2.13. The molecule has 1 aromatic rings. The van der Waals surface area contributed by atoms with Crippen molar-refractivity contribution in [3.8, 4) is 0 Å². The Morgan fingerprint density at radius 3 is 3.20 bits per heavy atom. The summed E-state index contributed by atoms with van der Waals surface area (Å²) in [4.78, 5) is 14.6. The van der Waals surface area contributed by atoms with Crippen LogP contribution in [-0.2, 0) is 12.8 Å². The van der Waals surface area contributed by atoms with Crippen LogP contribution >= 0.6 is 11.3 Å². The molecule has 1 aliphatic carbocycles. The molecule has 2 N–H and O–H groups in total. The van der Waals surface area contributed by atoms with E-state index in [9.17, 15) is 4.79 Å². The van der Waals surface area contributed by atoms with E-state index in [4.69, 9.17) is 0 Å². The Bertz CT molecular complexity index is 477. The van der Waals surface area contributed by atoms with Crippen molar-refractivity contribution in [3.63, 3.8) is 0 Å². The van der Waals surface area contributed by atoms with Gasteiger partial charge in [0.05, 0.1) is 4.88 Å². The van der Waals surface area contributed by atoms with E-state index in [0.717, 1.165) is 43.3 Å². The highest BCUT2D eigenvalue weighted by Gasteiger charge is 2.21. The highest BCUT2D eigenvalue weighted by molar-refractivity contribution is 7.14. The van der Waals surface area contributed by atoms with E-state index in [1.54, 1.807) is 11.3 Å². The van der Waals surface area contributed by atoms with Gasteiger partial charge in [0.1, 0.15) is 0 Å². The molecule has 0 radical (unpaired) electrons. The van der Waals surface area contributed by atoms with Gasteiger partial charge in [0.2, 0.25) is 0 Å². The van der Waals surface area contributed by atoms with Gasteiger partial charge in [0.15, 0.2) is 0 Å². The van der Waals surface area contributed by atoms with Gasteiger partial charge in [-0.3, -0.25) is 4.79 Å². The first-order chi connectivity index (χ1) is 9.72. The zero-order valence-corrected chi connectivity index (χ0v) is 13.0. The lowest BCUT2D eigenvalue weighted by atomic mass is 9.90. The maximum Gasteiger partial charge on any atom is 0.261 e. The van der Waals surface area contributed by atoms with Crippen LogP contribution in [0.15, 0.2) is 6.07 Å². The Hall–Kier alpha value is -0.870.